The molecule has 0 radical (unpaired) electrons. The van der Waals surface area contributed by atoms with Gasteiger partial charge in [-0.05, 0) is 0 Å². The SMILES string of the molecule is O=C1NC(=O)c2cc([AsH2])ccc21. The third kappa shape index (κ3) is 0.977. The fourth-order valence-corrected chi connectivity index (χ4v) is 1.74. The predicted octanol–water partition coefficient (Wildman–Crippen LogP) is -1.17. The van der Waals surface area contributed by atoms with Gasteiger partial charge in [-0.1, -0.05) is 0 Å². The van der Waals surface area contributed by atoms with E-state index in [1.54, 1.807) is 12.1 Å². The molecule has 1 aliphatic rings. The number of hydrogen-bond acceptors (Lipinski definition) is 2. The van der Waals surface area contributed by atoms with Crippen molar-refractivity contribution in [2.45, 2.75) is 0 Å². The molecule has 2 rings (SSSR count). The van der Waals surface area contributed by atoms with Crippen LogP contribution < -0.4 is 9.67 Å². The molecular weight excluding hydrogens is 217 g/mol. The molecule has 3 nitrogen and oxygen atoms in total. The summed E-state index contributed by atoms with van der Waals surface area (Å²) in [4.78, 5) is 22.2. The van der Waals surface area contributed by atoms with Crippen molar-refractivity contribution >= 4 is 33.0 Å². The molecule has 0 spiro atoms. The van der Waals surface area contributed by atoms with Crippen LogP contribution in [0.2, 0.25) is 0 Å². The average molecular weight is 223 g/mol. The molecule has 1 atom stereocenters. The molecule has 4 heteroatoms. The van der Waals surface area contributed by atoms with Crippen LogP contribution in [0.4, 0.5) is 0 Å². The van der Waals surface area contributed by atoms with Gasteiger partial charge in [0.1, 0.15) is 0 Å². The van der Waals surface area contributed by atoms with Crippen molar-refractivity contribution in [3.8, 4) is 0 Å². The summed E-state index contributed by atoms with van der Waals surface area (Å²) in [6.45, 7) is 0. The summed E-state index contributed by atoms with van der Waals surface area (Å²) >= 11 is 1.44. The predicted molar refractivity (Wildman–Crippen MR) is 46.4 cm³/mol. The number of carbonyl (C=O) groups is 2. The standard InChI is InChI=1S/C8H6AsNO2/c9-4-1-2-5-6(3-4)8(12)10-7(5)11/h1-3H,9H2,(H,10,11,12). The molecule has 0 fully saturated rings. The summed E-state index contributed by atoms with van der Waals surface area (Å²) in [6, 6.07) is 5.28. The van der Waals surface area contributed by atoms with Crippen LogP contribution in [-0.2, 0) is 0 Å². The zero-order chi connectivity index (χ0) is 8.72. The van der Waals surface area contributed by atoms with Gasteiger partial charge in [0.2, 0.25) is 0 Å². The van der Waals surface area contributed by atoms with E-state index in [2.05, 4.69) is 5.32 Å². The van der Waals surface area contributed by atoms with Crippen LogP contribution in [-0.4, -0.2) is 28.7 Å². The topological polar surface area (TPSA) is 46.2 Å². The number of rotatable bonds is 0. The number of nitrogens with one attached hydrogen (secondary N) is 1. The molecule has 0 aromatic heterocycles. The first-order chi connectivity index (χ1) is 5.68. The molecule has 0 saturated heterocycles. The van der Waals surface area contributed by atoms with E-state index in [1.807, 2.05) is 6.07 Å². The van der Waals surface area contributed by atoms with Crippen LogP contribution in [0.1, 0.15) is 20.7 Å². The van der Waals surface area contributed by atoms with E-state index in [9.17, 15) is 9.59 Å². The maximum absolute atomic E-state index is 11.1. The van der Waals surface area contributed by atoms with E-state index >= 15 is 0 Å². The number of benzene rings is 1. The van der Waals surface area contributed by atoms with Crippen molar-refractivity contribution in [1.29, 1.82) is 0 Å². The van der Waals surface area contributed by atoms with E-state index in [4.69, 9.17) is 0 Å². The minimum atomic E-state index is -0.289. The zero-order valence-electron chi connectivity index (χ0n) is 6.13. The van der Waals surface area contributed by atoms with Crippen LogP contribution in [0.15, 0.2) is 18.2 Å². The van der Waals surface area contributed by atoms with E-state index < -0.39 is 0 Å². The third-order valence-electron chi connectivity index (χ3n) is 1.76. The van der Waals surface area contributed by atoms with Gasteiger partial charge >= 0.3 is 77.3 Å². The number of hydrogen-bond donors (Lipinski definition) is 1. The molecule has 1 aromatic rings. The molecule has 1 aliphatic heterocycles. The van der Waals surface area contributed by atoms with Crippen LogP contribution in [0.5, 0.6) is 0 Å². The summed E-state index contributed by atoms with van der Waals surface area (Å²) in [5.41, 5.74) is 0.989. The van der Waals surface area contributed by atoms with Gasteiger partial charge in [0.25, 0.3) is 0 Å². The second-order valence-electron chi connectivity index (χ2n) is 2.59. The zero-order valence-corrected chi connectivity index (χ0v) is 8.55. The van der Waals surface area contributed by atoms with Crippen molar-refractivity contribution in [2.24, 2.45) is 0 Å². The molecule has 0 saturated carbocycles. The Morgan fingerprint density at radius 3 is 2.50 bits per heavy atom. The Morgan fingerprint density at radius 1 is 1.08 bits per heavy atom. The second kappa shape index (κ2) is 2.46. The Morgan fingerprint density at radius 2 is 1.75 bits per heavy atom. The van der Waals surface area contributed by atoms with Gasteiger partial charge < -0.3 is 0 Å². The first-order valence-electron chi connectivity index (χ1n) is 3.43. The second-order valence-corrected chi connectivity index (χ2v) is 3.99. The Hall–Kier alpha value is -1.08. The van der Waals surface area contributed by atoms with Crippen molar-refractivity contribution in [3.05, 3.63) is 29.3 Å². The normalized spacial score (nSPS) is 14.4. The van der Waals surface area contributed by atoms with Crippen molar-refractivity contribution < 1.29 is 9.59 Å². The van der Waals surface area contributed by atoms with Crippen molar-refractivity contribution in [1.82, 2.24) is 5.32 Å². The summed E-state index contributed by atoms with van der Waals surface area (Å²) < 4.78 is 1.05. The van der Waals surface area contributed by atoms with E-state index in [0.29, 0.717) is 11.1 Å². The molecule has 12 heavy (non-hydrogen) atoms. The first-order valence-corrected chi connectivity index (χ1v) is 4.65. The van der Waals surface area contributed by atoms with Gasteiger partial charge in [0.15, 0.2) is 0 Å². The van der Waals surface area contributed by atoms with Gasteiger partial charge in [0.05, 0.1) is 0 Å². The Balaban J connectivity index is 2.68. The Labute approximate surface area is 77.6 Å². The molecule has 1 heterocycles. The summed E-state index contributed by atoms with van der Waals surface area (Å²) in [5, 5.41) is 2.24. The summed E-state index contributed by atoms with van der Waals surface area (Å²) in [6.07, 6.45) is 0. The molecular formula is C8H6AsNO2. The third-order valence-corrected chi connectivity index (χ3v) is 2.51. The fourth-order valence-electron chi connectivity index (χ4n) is 1.19. The van der Waals surface area contributed by atoms with Gasteiger partial charge in [-0.3, -0.25) is 0 Å². The average Bonchev–Trinajstić information content (AvgIpc) is 2.28. The number of fused-ring (bicyclic) bond motifs is 1. The van der Waals surface area contributed by atoms with Gasteiger partial charge in [-0.25, -0.2) is 0 Å². The van der Waals surface area contributed by atoms with Crippen LogP contribution in [0.25, 0.3) is 0 Å². The molecule has 0 bridgehead atoms. The fraction of sp³-hybridized carbons (Fsp3) is 0. The van der Waals surface area contributed by atoms with Crippen LogP contribution in [0.3, 0.4) is 0 Å². The van der Waals surface area contributed by atoms with Crippen molar-refractivity contribution in [2.75, 3.05) is 0 Å². The Bertz CT molecular complexity index is 387. The molecule has 60 valence electrons. The molecule has 1 N–H and O–H groups in total. The molecule has 1 unspecified atom stereocenters. The van der Waals surface area contributed by atoms with E-state index in [0.717, 1.165) is 4.35 Å². The van der Waals surface area contributed by atoms with Gasteiger partial charge in [0, 0.05) is 0 Å². The summed E-state index contributed by atoms with van der Waals surface area (Å²) in [5.74, 6) is -0.572. The van der Waals surface area contributed by atoms with Crippen LogP contribution in [0, 0.1) is 0 Å². The summed E-state index contributed by atoms with van der Waals surface area (Å²) in [7, 11) is 0. The van der Waals surface area contributed by atoms with Crippen LogP contribution >= 0.6 is 0 Å². The molecule has 1 aromatic carbocycles. The Kier molecular flexibility index (Phi) is 1.55. The molecule has 2 amide bonds. The van der Waals surface area contributed by atoms with E-state index in [1.165, 1.54) is 16.9 Å². The number of imide groups is 1. The monoisotopic (exact) mass is 223 g/mol. The van der Waals surface area contributed by atoms with E-state index in [-0.39, 0.29) is 11.8 Å². The number of amides is 2. The number of carbonyl (C=O) groups excluding carboxylic acids is 2. The molecule has 0 aliphatic carbocycles. The minimum absolute atomic E-state index is 0.283. The first kappa shape index (κ1) is 7.56. The van der Waals surface area contributed by atoms with Gasteiger partial charge in [-0.15, -0.1) is 0 Å². The quantitative estimate of drug-likeness (QED) is 0.445. The maximum atomic E-state index is 11.1. The van der Waals surface area contributed by atoms with Crippen molar-refractivity contribution in [3.63, 3.8) is 0 Å². The van der Waals surface area contributed by atoms with Gasteiger partial charge in [-0.2, -0.15) is 0 Å².